The zero-order valence-electron chi connectivity index (χ0n) is 13.6. The fourth-order valence-corrected chi connectivity index (χ4v) is 2.69. The topological polar surface area (TPSA) is 3.88 Å². The van der Waals surface area contributed by atoms with Gasteiger partial charge in [0.25, 0.3) is 0 Å². The van der Waals surface area contributed by atoms with Crippen molar-refractivity contribution in [2.45, 2.75) is 71.3 Å². The Morgan fingerprint density at radius 2 is 1.52 bits per heavy atom. The average molecular weight is 354 g/mol. The lowest BCUT2D eigenvalue weighted by atomic mass is 9.96. The zero-order chi connectivity index (χ0) is 14.5. The van der Waals surface area contributed by atoms with Gasteiger partial charge in [-0.1, -0.05) is 57.6 Å². The van der Waals surface area contributed by atoms with Crippen LogP contribution in [0.4, 0.5) is 0 Å². The van der Waals surface area contributed by atoms with E-state index in [1.807, 2.05) is 0 Å². The summed E-state index contributed by atoms with van der Waals surface area (Å²) in [5, 5.41) is 0. The minimum atomic E-state index is 0. The molecule has 0 aliphatic carbocycles. The van der Waals surface area contributed by atoms with Crippen LogP contribution in [0.5, 0.6) is 0 Å². The van der Waals surface area contributed by atoms with E-state index >= 15 is 0 Å². The van der Waals surface area contributed by atoms with Crippen molar-refractivity contribution in [3.8, 4) is 0 Å². The number of halogens is 1. The third-order valence-corrected chi connectivity index (χ3v) is 4.03. The second-order valence-corrected chi connectivity index (χ2v) is 5.81. The van der Waals surface area contributed by atoms with Crippen LogP contribution in [0, 0.1) is 5.92 Å². The smallest absolute Gasteiger partial charge is 0.168 e. The Balaban J connectivity index is 0.00000400. The summed E-state index contributed by atoms with van der Waals surface area (Å²) in [6, 6.07) is 6.27. The quantitative estimate of drug-likeness (QED) is 0.308. The van der Waals surface area contributed by atoms with Gasteiger partial charge in [0.2, 0.25) is 0 Å². The van der Waals surface area contributed by atoms with Gasteiger partial charge in [-0.3, -0.25) is 0 Å². The largest absolute Gasteiger partial charge is 1.00 e. The summed E-state index contributed by atoms with van der Waals surface area (Å²) in [7, 11) is 0. The maximum Gasteiger partial charge on any atom is 0.168 e. The molecule has 1 heterocycles. The molecule has 2 heteroatoms. The van der Waals surface area contributed by atoms with Gasteiger partial charge in [-0.15, -0.1) is 6.58 Å². The molecule has 21 heavy (non-hydrogen) atoms. The minimum Gasteiger partial charge on any atom is -1.00 e. The number of pyridine rings is 1. The van der Waals surface area contributed by atoms with Gasteiger partial charge in [-0.2, -0.15) is 0 Å². The summed E-state index contributed by atoms with van der Waals surface area (Å²) in [5.41, 5.74) is 0. The van der Waals surface area contributed by atoms with Gasteiger partial charge in [-0.05, 0) is 18.8 Å². The highest BCUT2D eigenvalue weighted by molar-refractivity contribution is 4.83. The van der Waals surface area contributed by atoms with E-state index in [1.165, 1.54) is 57.8 Å². The molecule has 0 bridgehead atoms. The normalized spacial score (nSPS) is 11.7. The third kappa shape index (κ3) is 10.7. The first-order chi connectivity index (χ1) is 9.86. The lowest BCUT2D eigenvalue weighted by molar-refractivity contribution is -0.697. The van der Waals surface area contributed by atoms with E-state index in [0.29, 0.717) is 5.92 Å². The molecule has 1 aromatic heterocycles. The fourth-order valence-electron chi connectivity index (χ4n) is 2.69. The molecule has 1 aromatic rings. The molecule has 0 saturated heterocycles. The van der Waals surface area contributed by atoms with Crippen molar-refractivity contribution in [2.24, 2.45) is 5.92 Å². The van der Waals surface area contributed by atoms with Gasteiger partial charge in [0, 0.05) is 18.6 Å². The minimum absolute atomic E-state index is 0. The van der Waals surface area contributed by atoms with Gasteiger partial charge in [-0.25, -0.2) is 4.57 Å². The van der Waals surface area contributed by atoms with Crippen molar-refractivity contribution in [1.29, 1.82) is 0 Å². The van der Waals surface area contributed by atoms with Gasteiger partial charge in [0.1, 0.15) is 6.54 Å². The first-order valence-corrected chi connectivity index (χ1v) is 8.43. The van der Waals surface area contributed by atoms with Crippen LogP contribution in [0.1, 0.15) is 64.7 Å². The van der Waals surface area contributed by atoms with Gasteiger partial charge < -0.3 is 17.0 Å². The van der Waals surface area contributed by atoms with E-state index in [1.54, 1.807) is 0 Å². The van der Waals surface area contributed by atoms with Crippen molar-refractivity contribution < 1.29 is 21.5 Å². The number of aromatic nitrogens is 1. The molecule has 0 N–H and O–H groups in total. The Bertz CT molecular complexity index is 337. The first-order valence-electron chi connectivity index (χ1n) is 8.43. The molecule has 0 spiro atoms. The molecular formula is C19H32BrN. The Labute approximate surface area is 142 Å². The molecule has 0 radical (unpaired) electrons. The maximum absolute atomic E-state index is 4.01. The standard InChI is InChI=1S/C19H32N.BrH/c1-3-5-6-7-8-10-14-19(4-2)15-13-18-20-16-11-9-12-17-20;/h4,9,11-12,16-17,19H,2-3,5-8,10,13-15,18H2,1H3;1H/q+1;/p-1. The number of allylic oxidation sites excluding steroid dienone is 1. The lowest BCUT2D eigenvalue weighted by Gasteiger charge is -2.11. The number of aryl methyl sites for hydroxylation is 1. The molecule has 0 aromatic carbocycles. The Morgan fingerprint density at radius 3 is 2.19 bits per heavy atom. The highest BCUT2D eigenvalue weighted by atomic mass is 79.9. The SMILES string of the molecule is C=CC(CCCCCCCC)CCC[n+]1ccccc1.[Br-]. The highest BCUT2D eigenvalue weighted by Crippen LogP contribution is 2.17. The molecule has 1 atom stereocenters. The summed E-state index contributed by atoms with van der Waals surface area (Å²) in [5.74, 6) is 0.713. The lowest BCUT2D eigenvalue weighted by Crippen LogP contribution is -3.00. The van der Waals surface area contributed by atoms with Crippen LogP contribution >= 0.6 is 0 Å². The Hall–Kier alpha value is -0.630. The molecule has 0 aliphatic heterocycles. The molecule has 0 saturated carbocycles. The summed E-state index contributed by atoms with van der Waals surface area (Å²) < 4.78 is 2.27. The van der Waals surface area contributed by atoms with E-state index in [4.69, 9.17) is 0 Å². The summed E-state index contributed by atoms with van der Waals surface area (Å²) >= 11 is 0. The van der Waals surface area contributed by atoms with Gasteiger partial charge in [0.15, 0.2) is 12.4 Å². The Kier molecular flexibility index (Phi) is 13.9. The van der Waals surface area contributed by atoms with Crippen LogP contribution in [-0.4, -0.2) is 0 Å². The molecule has 0 aliphatic rings. The van der Waals surface area contributed by atoms with Crippen LogP contribution < -0.4 is 21.5 Å². The summed E-state index contributed by atoms with van der Waals surface area (Å²) in [6.07, 6.45) is 18.7. The van der Waals surface area contributed by atoms with Crippen molar-refractivity contribution in [2.75, 3.05) is 0 Å². The number of hydrogen-bond acceptors (Lipinski definition) is 0. The van der Waals surface area contributed by atoms with Gasteiger partial charge >= 0.3 is 0 Å². The van der Waals surface area contributed by atoms with Crippen molar-refractivity contribution >= 4 is 0 Å². The van der Waals surface area contributed by atoms with E-state index in [9.17, 15) is 0 Å². The Morgan fingerprint density at radius 1 is 0.905 bits per heavy atom. The molecule has 120 valence electrons. The van der Waals surface area contributed by atoms with E-state index in [0.717, 1.165) is 6.54 Å². The van der Waals surface area contributed by atoms with Crippen LogP contribution in [-0.2, 0) is 6.54 Å². The maximum atomic E-state index is 4.01. The third-order valence-electron chi connectivity index (χ3n) is 4.03. The van der Waals surface area contributed by atoms with Crippen LogP contribution in [0.3, 0.4) is 0 Å². The zero-order valence-corrected chi connectivity index (χ0v) is 15.2. The average Bonchev–Trinajstić information content (AvgIpc) is 2.50. The predicted molar refractivity (Wildman–Crippen MR) is 87.6 cm³/mol. The van der Waals surface area contributed by atoms with Crippen molar-refractivity contribution in [3.05, 3.63) is 43.2 Å². The first kappa shape index (κ1) is 20.4. The number of nitrogens with zero attached hydrogens (tertiary/aromatic N) is 1. The van der Waals surface area contributed by atoms with E-state index < -0.39 is 0 Å². The number of unbranched alkanes of at least 4 members (excludes halogenated alkanes) is 5. The molecule has 1 unspecified atom stereocenters. The molecule has 0 fully saturated rings. The highest BCUT2D eigenvalue weighted by Gasteiger charge is 2.06. The van der Waals surface area contributed by atoms with Crippen LogP contribution in [0.25, 0.3) is 0 Å². The molecule has 1 nitrogen and oxygen atoms in total. The fraction of sp³-hybridized carbons (Fsp3) is 0.632. The van der Waals surface area contributed by atoms with E-state index in [2.05, 4.69) is 54.7 Å². The second-order valence-electron chi connectivity index (χ2n) is 5.81. The summed E-state index contributed by atoms with van der Waals surface area (Å²) in [6.45, 7) is 7.41. The van der Waals surface area contributed by atoms with Crippen LogP contribution in [0.15, 0.2) is 43.2 Å². The monoisotopic (exact) mass is 353 g/mol. The predicted octanol–water partition coefficient (Wildman–Crippen LogP) is 2.31. The van der Waals surface area contributed by atoms with Crippen molar-refractivity contribution in [3.63, 3.8) is 0 Å². The number of rotatable bonds is 12. The molecule has 1 rings (SSSR count). The molecular weight excluding hydrogens is 322 g/mol. The van der Waals surface area contributed by atoms with Crippen LogP contribution in [0.2, 0.25) is 0 Å². The second kappa shape index (κ2) is 14.3. The number of hydrogen-bond donors (Lipinski definition) is 0. The summed E-state index contributed by atoms with van der Waals surface area (Å²) in [4.78, 5) is 0. The van der Waals surface area contributed by atoms with Crippen molar-refractivity contribution in [1.82, 2.24) is 0 Å². The van der Waals surface area contributed by atoms with E-state index in [-0.39, 0.29) is 17.0 Å². The molecule has 0 amide bonds. The van der Waals surface area contributed by atoms with Gasteiger partial charge in [0.05, 0.1) is 0 Å².